The smallest absolute Gasteiger partial charge is 0.475 e. The number of fused-ring (bicyclic) bond motifs is 2. The van der Waals surface area contributed by atoms with Crippen molar-refractivity contribution >= 4 is 28.3 Å². The number of rotatable bonds is 3. The van der Waals surface area contributed by atoms with Gasteiger partial charge in [-0.15, -0.1) is 0 Å². The number of aromatic nitrogens is 6. The largest absolute Gasteiger partial charge is 0.490 e. The van der Waals surface area contributed by atoms with Gasteiger partial charge in [-0.25, -0.2) is 19.3 Å². The van der Waals surface area contributed by atoms with Gasteiger partial charge in [0.1, 0.15) is 6.33 Å². The van der Waals surface area contributed by atoms with Crippen LogP contribution < -0.4 is 5.73 Å². The lowest BCUT2D eigenvalue weighted by molar-refractivity contribution is -0.192. The molecule has 0 spiro atoms. The van der Waals surface area contributed by atoms with E-state index >= 15 is 0 Å². The zero-order valence-electron chi connectivity index (χ0n) is 17.2. The Kier molecular flexibility index (Phi) is 5.23. The van der Waals surface area contributed by atoms with Crippen LogP contribution in [0, 0.1) is 12.8 Å². The van der Waals surface area contributed by atoms with E-state index in [9.17, 15) is 13.2 Å². The van der Waals surface area contributed by atoms with Crippen LogP contribution in [0.4, 0.5) is 19.0 Å². The normalized spacial score (nSPS) is 14.9. The van der Waals surface area contributed by atoms with E-state index in [2.05, 4.69) is 50.8 Å². The Bertz CT molecular complexity index is 1310. The second kappa shape index (κ2) is 7.77. The number of nitrogens with zero attached hydrogens (tertiary/aromatic N) is 6. The van der Waals surface area contributed by atoms with Crippen molar-refractivity contribution in [1.29, 1.82) is 0 Å². The highest BCUT2D eigenvalue weighted by Gasteiger charge is 2.38. The third kappa shape index (κ3) is 3.95. The molecule has 1 saturated carbocycles. The fourth-order valence-electron chi connectivity index (χ4n) is 3.67. The maximum atomic E-state index is 10.6. The van der Waals surface area contributed by atoms with Crippen LogP contribution in [-0.4, -0.2) is 46.6 Å². The van der Waals surface area contributed by atoms with Crippen LogP contribution >= 0.6 is 0 Å². The first kappa shape index (κ1) is 21.5. The first-order valence-corrected chi connectivity index (χ1v) is 9.80. The molecule has 1 aliphatic rings. The number of aliphatic carboxylic acids is 1. The van der Waals surface area contributed by atoms with E-state index in [0.29, 0.717) is 17.5 Å². The highest BCUT2D eigenvalue weighted by Crippen LogP contribution is 2.41. The molecular formula is C20H20F3N7O2. The SMILES string of the molecule is Cc1cc(-c2cnc3c(N)ncnn23)cc2cnn(C(C)C3CC3)c12.O=C(O)C(F)(F)F. The molecule has 1 atom stereocenters. The van der Waals surface area contributed by atoms with Gasteiger partial charge in [0.15, 0.2) is 11.5 Å². The molecule has 1 fully saturated rings. The van der Waals surface area contributed by atoms with Crippen LogP contribution in [0.1, 0.15) is 31.4 Å². The number of nitrogens with two attached hydrogens (primary N) is 1. The van der Waals surface area contributed by atoms with Crippen molar-refractivity contribution in [2.45, 2.75) is 38.9 Å². The monoisotopic (exact) mass is 447 g/mol. The molecule has 168 valence electrons. The summed E-state index contributed by atoms with van der Waals surface area (Å²) < 4.78 is 35.7. The third-order valence-electron chi connectivity index (χ3n) is 5.44. The fraction of sp³-hybridized carbons (Fsp3) is 0.350. The van der Waals surface area contributed by atoms with E-state index in [1.165, 1.54) is 30.2 Å². The van der Waals surface area contributed by atoms with Crippen LogP contribution in [0.25, 0.3) is 27.8 Å². The molecule has 1 unspecified atom stereocenters. The summed E-state index contributed by atoms with van der Waals surface area (Å²) in [6.07, 6.45) is 2.73. The van der Waals surface area contributed by atoms with E-state index in [1.54, 1.807) is 10.7 Å². The van der Waals surface area contributed by atoms with Gasteiger partial charge in [0, 0.05) is 10.9 Å². The number of halogens is 3. The molecule has 12 heteroatoms. The summed E-state index contributed by atoms with van der Waals surface area (Å²) in [5, 5.41) is 17.2. The van der Waals surface area contributed by atoms with E-state index in [0.717, 1.165) is 22.6 Å². The first-order valence-electron chi connectivity index (χ1n) is 9.80. The molecule has 0 saturated heterocycles. The number of aryl methyl sites for hydroxylation is 1. The number of carboxylic acids is 1. The number of carboxylic acid groups (broad SMARTS) is 1. The van der Waals surface area contributed by atoms with Gasteiger partial charge >= 0.3 is 12.1 Å². The molecule has 5 rings (SSSR count). The minimum Gasteiger partial charge on any atom is -0.475 e. The molecule has 1 aromatic carbocycles. The summed E-state index contributed by atoms with van der Waals surface area (Å²) in [7, 11) is 0. The van der Waals surface area contributed by atoms with Gasteiger partial charge in [-0.2, -0.15) is 23.4 Å². The third-order valence-corrected chi connectivity index (χ3v) is 5.44. The molecule has 0 amide bonds. The molecule has 32 heavy (non-hydrogen) atoms. The van der Waals surface area contributed by atoms with Gasteiger partial charge in [0.2, 0.25) is 0 Å². The van der Waals surface area contributed by atoms with Crippen molar-refractivity contribution in [3.05, 3.63) is 36.4 Å². The quantitative estimate of drug-likeness (QED) is 0.491. The van der Waals surface area contributed by atoms with Crippen LogP contribution in [-0.2, 0) is 4.79 Å². The Morgan fingerprint density at radius 3 is 2.53 bits per heavy atom. The second-order valence-electron chi connectivity index (χ2n) is 7.73. The minimum atomic E-state index is -5.08. The van der Waals surface area contributed by atoms with Crippen LogP contribution in [0.2, 0.25) is 0 Å². The topological polar surface area (TPSA) is 124 Å². The van der Waals surface area contributed by atoms with Crippen molar-refractivity contribution < 1.29 is 23.1 Å². The molecule has 3 aromatic heterocycles. The van der Waals surface area contributed by atoms with Gasteiger partial charge in [-0.1, -0.05) is 0 Å². The molecule has 0 aliphatic heterocycles. The van der Waals surface area contributed by atoms with Gasteiger partial charge in [-0.3, -0.25) is 4.68 Å². The van der Waals surface area contributed by atoms with Crippen molar-refractivity contribution in [3.63, 3.8) is 0 Å². The van der Waals surface area contributed by atoms with Crippen LogP contribution in [0.15, 0.2) is 30.9 Å². The molecule has 4 aromatic rings. The van der Waals surface area contributed by atoms with E-state index < -0.39 is 12.1 Å². The van der Waals surface area contributed by atoms with Crippen molar-refractivity contribution in [2.24, 2.45) is 5.92 Å². The van der Waals surface area contributed by atoms with Crippen LogP contribution in [0.5, 0.6) is 0 Å². The van der Waals surface area contributed by atoms with Crippen molar-refractivity contribution in [1.82, 2.24) is 29.4 Å². The number of alkyl halides is 3. The van der Waals surface area contributed by atoms with Gasteiger partial charge in [0.05, 0.1) is 29.6 Å². The Labute approximate surface area is 179 Å². The first-order chi connectivity index (χ1) is 15.1. The Balaban J connectivity index is 0.000000307. The lowest BCUT2D eigenvalue weighted by Crippen LogP contribution is -2.21. The molecule has 3 heterocycles. The van der Waals surface area contributed by atoms with E-state index in [4.69, 9.17) is 15.6 Å². The highest BCUT2D eigenvalue weighted by molar-refractivity contribution is 5.87. The minimum absolute atomic E-state index is 0.380. The molecule has 1 aliphatic carbocycles. The number of carbonyl (C=O) groups is 1. The number of nitrogen functional groups attached to an aromatic ring is 1. The maximum Gasteiger partial charge on any atom is 0.490 e. The van der Waals surface area contributed by atoms with E-state index in [1.807, 2.05) is 6.20 Å². The number of hydrogen-bond acceptors (Lipinski definition) is 6. The number of hydrogen-bond donors (Lipinski definition) is 2. The summed E-state index contributed by atoms with van der Waals surface area (Å²) in [5.41, 5.74) is 10.8. The van der Waals surface area contributed by atoms with Crippen molar-refractivity contribution in [3.8, 4) is 11.3 Å². The Morgan fingerprint density at radius 1 is 1.22 bits per heavy atom. The summed E-state index contributed by atoms with van der Waals surface area (Å²) in [6.45, 7) is 4.40. The molecule has 9 nitrogen and oxygen atoms in total. The molecule has 0 bridgehead atoms. The molecular weight excluding hydrogens is 427 g/mol. The fourth-order valence-corrected chi connectivity index (χ4v) is 3.67. The van der Waals surface area contributed by atoms with Gasteiger partial charge in [0.25, 0.3) is 0 Å². The Morgan fingerprint density at radius 2 is 1.91 bits per heavy atom. The molecule has 3 N–H and O–H groups in total. The highest BCUT2D eigenvalue weighted by atomic mass is 19.4. The lowest BCUT2D eigenvalue weighted by Gasteiger charge is -2.14. The average Bonchev–Trinajstić information content (AvgIpc) is 3.33. The number of imidazole rings is 1. The zero-order chi connectivity index (χ0) is 23.2. The average molecular weight is 447 g/mol. The predicted octanol–water partition coefficient (Wildman–Crippen LogP) is 3.64. The van der Waals surface area contributed by atoms with Crippen LogP contribution in [0.3, 0.4) is 0 Å². The summed E-state index contributed by atoms with van der Waals surface area (Å²) in [6, 6.07) is 4.76. The van der Waals surface area contributed by atoms with Gasteiger partial charge < -0.3 is 10.8 Å². The van der Waals surface area contributed by atoms with Crippen molar-refractivity contribution in [2.75, 3.05) is 5.73 Å². The lowest BCUT2D eigenvalue weighted by atomic mass is 10.1. The Hall–Kier alpha value is -3.70. The maximum absolute atomic E-state index is 10.6. The molecule has 0 radical (unpaired) electrons. The summed E-state index contributed by atoms with van der Waals surface area (Å²) >= 11 is 0. The predicted molar refractivity (Wildman–Crippen MR) is 110 cm³/mol. The summed E-state index contributed by atoms with van der Waals surface area (Å²) in [5.74, 6) is -1.61. The van der Waals surface area contributed by atoms with E-state index in [-0.39, 0.29) is 0 Å². The second-order valence-corrected chi connectivity index (χ2v) is 7.73. The zero-order valence-corrected chi connectivity index (χ0v) is 17.2. The number of benzene rings is 1. The van der Waals surface area contributed by atoms with Gasteiger partial charge in [-0.05, 0) is 50.3 Å². The summed E-state index contributed by atoms with van der Waals surface area (Å²) in [4.78, 5) is 17.3. The number of anilines is 1. The standard InChI is InChI=1S/C18H19N7.C2HF3O2/c1-10-5-13(15-8-20-18-17(19)21-9-23-25(15)18)6-14-7-22-24(16(10)14)11(2)12-3-4-12;3-2(4,5)1(6)7/h5-9,11-12H,3-4H2,1-2H3,(H2,19,21,23);(H,6,7).